The fourth-order valence-corrected chi connectivity index (χ4v) is 1.45. The lowest BCUT2D eigenvalue weighted by atomic mass is 10.1. The summed E-state index contributed by atoms with van der Waals surface area (Å²) >= 11 is 3.11. The Labute approximate surface area is 95.0 Å². The Balaban J connectivity index is 2.76. The molecule has 0 saturated carbocycles. The van der Waals surface area contributed by atoms with Gasteiger partial charge in [0.1, 0.15) is 5.82 Å². The van der Waals surface area contributed by atoms with Crippen LogP contribution in [0.15, 0.2) is 22.7 Å². The lowest BCUT2D eigenvalue weighted by Gasteiger charge is -2.08. The van der Waals surface area contributed by atoms with E-state index in [4.69, 9.17) is 0 Å². The van der Waals surface area contributed by atoms with E-state index in [2.05, 4.69) is 20.7 Å². The molecule has 1 unspecified atom stereocenters. The molecule has 3 nitrogen and oxygen atoms in total. The van der Waals surface area contributed by atoms with Crippen LogP contribution < -0.4 is 0 Å². The molecule has 0 spiro atoms. The van der Waals surface area contributed by atoms with Gasteiger partial charge in [-0.3, -0.25) is 0 Å². The molecular weight excluding hydrogens is 267 g/mol. The zero-order chi connectivity index (χ0) is 11.4. The number of esters is 1. The molecule has 0 aromatic heterocycles. The molecule has 1 N–H and O–H groups in total. The SMILES string of the molecule is COC(=O)C(O)Cc1ccc(Br)cc1F. The minimum absolute atomic E-state index is 0.0915. The van der Waals surface area contributed by atoms with Gasteiger partial charge in [-0.05, 0) is 17.7 Å². The van der Waals surface area contributed by atoms with Crippen molar-refractivity contribution in [2.45, 2.75) is 12.5 Å². The van der Waals surface area contributed by atoms with Crippen LogP contribution in [0.3, 0.4) is 0 Å². The largest absolute Gasteiger partial charge is 0.467 e. The van der Waals surface area contributed by atoms with E-state index < -0.39 is 17.9 Å². The van der Waals surface area contributed by atoms with Gasteiger partial charge < -0.3 is 9.84 Å². The van der Waals surface area contributed by atoms with Crippen LogP contribution in [0.2, 0.25) is 0 Å². The minimum atomic E-state index is -1.33. The number of carbonyl (C=O) groups is 1. The van der Waals surface area contributed by atoms with Crippen LogP contribution >= 0.6 is 15.9 Å². The Morgan fingerprint density at radius 3 is 2.87 bits per heavy atom. The zero-order valence-corrected chi connectivity index (χ0v) is 9.62. The number of hydrogen-bond acceptors (Lipinski definition) is 3. The van der Waals surface area contributed by atoms with Crippen LogP contribution in [0, 0.1) is 5.82 Å². The summed E-state index contributed by atoms with van der Waals surface area (Å²) in [5.41, 5.74) is 0.274. The Morgan fingerprint density at radius 2 is 2.33 bits per heavy atom. The van der Waals surface area contributed by atoms with E-state index in [0.29, 0.717) is 4.47 Å². The third-order valence-corrected chi connectivity index (χ3v) is 2.39. The monoisotopic (exact) mass is 276 g/mol. The lowest BCUT2D eigenvalue weighted by molar-refractivity contribution is -0.150. The molecule has 0 amide bonds. The van der Waals surface area contributed by atoms with Crippen LogP contribution in [0.25, 0.3) is 0 Å². The number of aliphatic hydroxyl groups excluding tert-OH is 1. The molecule has 1 rings (SSSR count). The summed E-state index contributed by atoms with van der Waals surface area (Å²) in [4.78, 5) is 10.9. The average molecular weight is 277 g/mol. The molecule has 82 valence electrons. The van der Waals surface area contributed by atoms with Crippen molar-refractivity contribution < 1.29 is 19.0 Å². The number of hydrogen-bond donors (Lipinski definition) is 1. The zero-order valence-electron chi connectivity index (χ0n) is 8.04. The predicted molar refractivity (Wildman–Crippen MR) is 55.8 cm³/mol. The molecule has 1 aromatic rings. The van der Waals surface area contributed by atoms with Crippen molar-refractivity contribution in [1.82, 2.24) is 0 Å². The van der Waals surface area contributed by atoms with E-state index >= 15 is 0 Å². The van der Waals surface area contributed by atoms with Gasteiger partial charge in [0.2, 0.25) is 0 Å². The Hall–Kier alpha value is -0.940. The van der Waals surface area contributed by atoms with E-state index in [1.165, 1.54) is 19.2 Å². The predicted octanol–water partition coefficient (Wildman–Crippen LogP) is 1.66. The van der Waals surface area contributed by atoms with Gasteiger partial charge in [-0.25, -0.2) is 9.18 Å². The second kappa shape index (κ2) is 5.23. The molecule has 0 fully saturated rings. The smallest absolute Gasteiger partial charge is 0.335 e. The first kappa shape index (κ1) is 12.1. The Bertz CT molecular complexity index is 368. The van der Waals surface area contributed by atoms with Crippen molar-refractivity contribution in [2.24, 2.45) is 0 Å². The van der Waals surface area contributed by atoms with Gasteiger partial charge in [0, 0.05) is 10.9 Å². The second-order valence-corrected chi connectivity index (χ2v) is 3.89. The van der Waals surface area contributed by atoms with E-state index in [-0.39, 0.29) is 12.0 Å². The number of carbonyl (C=O) groups excluding carboxylic acids is 1. The molecule has 0 bridgehead atoms. The molecule has 0 aliphatic carbocycles. The van der Waals surface area contributed by atoms with E-state index in [9.17, 15) is 14.3 Å². The fourth-order valence-electron chi connectivity index (χ4n) is 1.11. The number of rotatable bonds is 3. The van der Waals surface area contributed by atoms with Gasteiger partial charge in [0.15, 0.2) is 6.10 Å². The standard InChI is InChI=1S/C10H10BrFO3/c1-15-10(14)9(13)4-6-2-3-7(11)5-8(6)12/h2-3,5,9,13H,4H2,1H3. The van der Waals surface area contributed by atoms with Crippen LogP contribution in [-0.4, -0.2) is 24.3 Å². The second-order valence-electron chi connectivity index (χ2n) is 2.98. The van der Waals surface area contributed by atoms with Crippen molar-refractivity contribution in [2.75, 3.05) is 7.11 Å². The molecule has 5 heteroatoms. The first-order valence-corrected chi connectivity index (χ1v) is 5.03. The Kier molecular flexibility index (Phi) is 4.23. The highest BCUT2D eigenvalue weighted by atomic mass is 79.9. The third kappa shape index (κ3) is 3.28. The molecule has 15 heavy (non-hydrogen) atoms. The maximum atomic E-state index is 13.3. The first-order valence-electron chi connectivity index (χ1n) is 4.24. The van der Waals surface area contributed by atoms with Crippen molar-refractivity contribution in [3.05, 3.63) is 34.1 Å². The molecule has 1 aromatic carbocycles. The first-order chi connectivity index (χ1) is 7.04. The van der Waals surface area contributed by atoms with Crippen LogP contribution in [-0.2, 0) is 16.0 Å². The van der Waals surface area contributed by atoms with Crippen molar-refractivity contribution in [3.8, 4) is 0 Å². The van der Waals surface area contributed by atoms with E-state index in [1.807, 2.05) is 0 Å². The van der Waals surface area contributed by atoms with Crippen LogP contribution in [0.1, 0.15) is 5.56 Å². The minimum Gasteiger partial charge on any atom is -0.467 e. The summed E-state index contributed by atoms with van der Waals surface area (Å²) in [6.07, 6.45) is -1.42. The summed E-state index contributed by atoms with van der Waals surface area (Å²) in [6.45, 7) is 0. The van der Waals surface area contributed by atoms with Gasteiger partial charge >= 0.3 is 5.97 Å². The third-order valence-electron chi connectivity index (χ3n) is 1.90. The van der Waals surface area contributed by atoms with Crippen molar-refractivity contribution in [1.29, 1.82) is 0 Å². The number of methoxy groups -OCH3 is 1. The molecule has 0 heterocycles. The van der Waals surface area contributed by atoms with Gasteiger partial charge in [0.25, 0.3) is 0 Å². The number of benzene rings is 1. The summed E-state index contributed by atoms with van der Waals surface area (Å²) in [5.74, 6) is -1.23. The number of aliphatic hydroxyl groups is 1. The summed E-state index contributed by atoms with van der Waals surface area (Å²) in [5, 5.41) is 9.31. The molecule has 0 aliphatic rings. The highest BCUT2D eigenvalue weighted by Gasteiger charge is 2.17. The maximum Gasteiger partial charge on any atom is 0.335 e. The van der Waals surface area contributed by atoms with Gasteiger partial charge in [-0.1, -0.05) is 22.0 Å². The highest BCUT2D eigenvalue weighted by Crippen LogP contribution is 2.16. The molecule has 0 aliphatic heterocycles. The quantitative estimate of drug-likeness (QED) is 0.855. The topological polar surface area (TPSA) is 46.5 Å². The average Bonchev–Trinajstić information content (AvgIpc) is 2.20. The fraction of sp³-hybridized carbons (Fsp3) is 0.300. The maximum absolute atomic E-state index is 13.3. The summed E-state index contributed by atoms with van der Waals surface area (Å²) < 4.78 is 18.2. The lowest BCUT2D eigenvalue weighted by Crippen LogP contribution is -2.24. The van der Waals surface area contributed by atoms with E-state index in [1.54, 1.807) is 6.07 Å². The normalized spacial score (nSPS) is 12.3. The molecular formula is C10H10BrFO3. The van der Waals surface area contributed by atoms with Crippen LogP contribution in [0.5, 0.6) is 0 Å². The van der Waals surface area contributed by atoms with Crippen molar-refractivity contribution in [3.63, 3.8) is 0 Å². The van der Waals surface area contributed by atoms with Crippen LogP contribution in [0.4, 0.5) is 4.39 Å². The summed E-state index contributed by atoms with van der Waals surface area (Å²) in [7, 11) is 1.17. The van der Waals surface area contributed by atoms with E-state index in [0.717, 1.165) is 0 Å². The number of halogens is 2. The highest BCUT2D eigenvalue weighted by molar-refractivity contribution is 9.10. The molecule has 1 atom stereocenters. The molecule has 0 saturated heterocycles. The van der Waals surface area contributed by atoms with Gasteiger partial charge in [0.05, 0.1) is 7.11 Å². The van der Waals surface area contributed by atoms with Gasteiger partial charge in [-0.15, -0.1) is 0 Å². The van der Waals surface area contributed by atoms with Crippen molar-refractivity contribution >= 4 is 21.9 Å². The molecule has 0 radical (unpaired) electrons. The number of ether oxygens (including phenoxy) is 1. The Morgan fingerprint density at radius 1 is 1.67 bits per heavy atom. The summed E-state index contributed by atoms with van der Waals surface area (Å²) in [6, 6.07) is 4.42. The van der Waals surface area contributed by atoms with Gasteiger partial charge in [-0.2, -0.15) is 0 Å².